The lowest BCUT2D eigenvalue weighted by molar-refractivity contribution is 0.280. The van der Waals surface area contributed by atoms with Gasteiger partial charge in [-0.15, -0.1) is 0 Å². The lowest BCUT2D eigenvalue weighted by Crippen LogP contribution is -1.88. The van der Waals surface area contributed by atoms with Gasteiger partial charge in [-0.2, -0.15) is 0 Å². The number of benzene rings is 1. The maximum atomic E-state index is 12.6. The fourth-order valence-corrected chi connectivity index (χ4v) is 1.55. The van der Waals surface area contributed by atoms with E-state index in [2.05, 4.69) is 31.9 Å². The molecule has 0 unspecified atom stereocenters. The predicted octanol–water partition coefficient (Wildman–Crippen LogP) is 2.84. The molecule has 0 amide bonds. The first-order chi connectivity index (χ1) is 5.15. The van der Waals surface area contributed by atoms with Crippen molar-refractivity contribution >= 4 is 31.9 Å². The molecule has 0 radical (unpaired) electrons. The fourth-order valence-electron chi connectivity index (χ4n) is 0.724. The number of aliphatic hydroxyl groups is 1. The molecule has 0 aliphatic rings. The highest BCUT2D eigenvalue weighted by molar-refractivity contribution is 9.13. The van der Waals surface area contributed by atoms with E-state index >= 15 is 0 Å². The van der Waals surface area contributed by atoms with Gasteiger partial charge in [0.05, 0.1) is 6.61 Å². The summed E-state index contributed by atoms with van der Waals surface area (Å²) in [5.41, 5.74) is 0.539. The molecule has 0 aromatic heterocycles. The molecule has 1 aromatic carbocycles. The van der Waals surface area contributed by atoms with E-state index in [0.29, 0.717) is 14.5 Å². The molecular formula is C7H5Br2FO. The molecule has 0 spiro atoms. The van der Waals surface area contributed by atoms with Crippen molar-refractivity contribution in [1.82, 2.24) is 0 Å². The summed E-state index contributed by atoms with van der Waals surface area (Å²) < 4.78 is 13.9. The Labute approximate surface area is 80.5 Å². The molecule has 1 nitrogen and oxygen atoms in total. The monoisotopic (exact) mass is 282 g/mol. The van der Waals surface area contributed by atoms with E-state index in [-0.39, 0.29) is 12.4 Å². The van der Waals surface area contributed by atoms with Crippen LogP contribution < -0.4 is 0 Å². The topological polar surface area (TPSA) is 20.2 Å². The maximum Gasteiger partial charge on any atom is 0.124 e. The Kier molecular flexibility index (Phi) is 3.04. The molecule has 11 heavy (non-hydrogen) atoms. The summed E-state index contributed by atoms with van der Waals surface area (Å²) in [7, 11) is 0. The SMILES string of the molecule is OCc1cc(F)cc(Br)c1Br. The third-order valence-electron chi connectivity index (χ3n) is 1.24. The average molecular weight is 284 g/mol. The zero-order chi connectivity index (χ0) is 8.43. The van der Waals surface area contributed by atoms with Crippen LogP contribution >= 0.6 is 31.9 Å². The van der Waals surface area contributed by atoms with Gasteiger partial charge < -0.3 is 5.11 Å². The predicted molar refractivity (Wildman–Crippen MR) is 47.7 cm³/mol. The first-order valence-electron chi connectivity index (χ1n) is 2.89. The van der Waals surface area contributed by atoms with E-state index in [1.165, 1.54) is 12.1 Å². The van der Waals surface area contributed by atoms with Gasteiger partial charge in [0.25, 0.3) is 0 Å². The smallest absolute Gasteiger partial charge is 0.124 e. The second-order valence-electron chi connectivity index (χ2n) is 2.02. The average Bonchev–Trinajstić information content (AvgIpc) is 1.96. The Bertz CT molecular complexity index is 275. The van der Waals surface area contributed by atoms with E-state index in [0.717, 1.165) is 0 Å². The third-order valence-corrected chi connectivity index (χ3v) is 3.33. The van der Waals surface area contributed by atoms with Gasteiger partial charge in [0.1, 0.15) is 5.82 Å². The summed E-state index contributed by atoms with van der Waals surface area (Å²) in [6, 6.07) is 2.62. The molecule has 0 heterocycles. The maximum absolute atomic E-state index is 12.6. The fraction of sp³-hybridized carbons (Fsp3) is 0.143. The van der Waals surface area contributed by atoms with Gasteiger partial charge in [-0.25, -0.2) is 4.39 Å². The normalized spacial score (nSPS) is 10.2. The summed E-state index contributed by atoms with van der Waals surface area (Å²) in [5.74, 6) is -0.357. The third kappa shape index (κ3) is 2.01. The molecule has 0 atom stereocenters. The minimum Gasteiger partial charge on any atom is -0.392 e. The van der Waals surface area contributed by atoms with Crippen molar-refractivity contribution in [1.29, 1.82) is 0 Å². The van der Waals surface area contributed by atoms with E-state index in [1.54, 1.807) is 0 Å². The second kappa shape index (κ2) is 3.65. The van der Waals surface area contributed by atoms with Crippen LogP contribution in [-0.4, -0.2) is 5.11 Å². The van der Waals surface area contributed by atoms with Crippen molar-refractivity contribution in [2.75, 3.05) is 0 Å². The molecule has 1 aromatic rings. The van der Waals surface area contributed by atoms with Crippen molar-refractivity contribution in [2.45, 2.75) is 6.61 Å². The van der Waals surface area contributed by atoms with Crippen LogP contribution in [0.3, 0.4) is 0 Å². The molecule has 0 bridgehead atoms. The molecular weight excluding hydrogens is 279 g/mol. The van der Waals surface area contributed by atoms with E-state index < -0.39 is 0 Å². The minimum absolute atomic E-state index is 0.170. The van der Waals surface area contributed by atoms with Gasteiger partial charge in [0.2, 0.25) is 0 Å². The molecule has 0 saturated carbocycles. The second-order valence-corrected chi connectivity index (χ2v) is 3.67. The highest BCUT2D eigenvalue weighted by Gasteiger charge is 2.04. The standard InChI is InChI=1S/C7H5Br2FO/c8-6-2-5(10)1-4(3-11)7(6)9/h1-2,11H,3H2. The van der Waals surface area contributed by atoms with Crippen LogP contribution in [0.1, 0.15) is 5.56 Å². The van der Waals surface area contributed by atoms with Gasteiger partial charge in [0, 0.05) is 8.95 Å². The van der Waals surface area contributed by atoms with Gasteiger partial charge in [-0.3, -0.25) is 0 Å². The molecule has 0 saturated heterocycles. The number of rotatable bonds is 1. The van der Waals surface area contributed by atoms with Crippen LogP contribution in [0, 0.1) is 5.82 Å². The van der Waals surface area contributed by atoms with E-state index in [4.69, 9.17) is 5.11 Å². The Morgan fingerprint density at radius 2 is 2.00 bits per heavy atom. The molecule has 0 aliphatic carbocycles. The summed E-state index contributed by atoms with van der Waals surface area (Å²) in [4.78, 5) is 0. The Hall–Kier alpha value is 0.0700. The van der Waals surface area contributed by atoms with Crippen molar-refractivity contribution < 1.29 is 9.50 Å². The highest BCUT2D eigenvalue weighted by atomic mass is 79.9. The molecule has 1 rings (SSSR count). The minimum atomic E-state index is -0.357. The molecule has 0 aliphatic heterocycles. The van der Waals surface area contributed by atoms with E-state index in [1.807, 2.05) is 0 Å². The lowest BCUT2D eigenvalue weighted by Gasteiger charge is -2.02. The largest absolute Gasteiger partial charge is 0.392 e. The first kappa shape index (κ1) is 9.16. The van der Waals surface area contributed by atoms with Gasteiger partial charge in [0.15, 0.2) is 0 Å². The number of hydrogen-bond donors (Lipinski definition) is 1. The van der Waals surface area contributed by atoms with Crippen molar-refractivity contribution in [2.24, 2.45) is 0 Å². The quantitative estimate of drug-likeness (QED) is 0.786. The number of aliphatic hydroxyl groups excluding tert-OH is 1. The Morgan fingerprint density at radius 1 is 1.36 bits per heavy atom. The molecule has 1 N–H and O–H groups in total. The summed E-state index contributed by atoms with van der Waals surface area (Å²) in [5, 5.41) is 8.75. The molecule has 60 valence electrons. The number of halogens is 3. The Morgan fingerprint density at radius 3 is 2.55 bits per heavy atom. The van der Waals surface area contributed by atoms with Crippen LogP contribution in [0.4, 0.5) is 4.39 Å². The van der Waals surface area contributed by atoms with Crippen LogP contribution in [0.25, 0.3) is 0 Å². The Balaban J connectivity index is 3.24. The lowest BCUT2D eigenvalue weighted by atomic mass is 10.2. The van der Waals surface area contributed by atoms with Crippen LogP contribution in [0.15, 0.2) is 21.1 Å². The van der Waals surface area contributed by atoms with Crippen molar-refractivity contribution in [3.63, 3.8) is 0 Å². The highest BCUT2D eigenvalue weighted by Crippen LogP contribution is 2.27. The van der Waals surface area contributed by atoms with Crippen molar-refractivity contribution in [3.05, 3.63) is 32.5 Å². The van der Waals surface area contributed by atoms with E-state index in [9.17, 15) is 4.39 Å². The first-order valence-corrected chi connectivity index (χ1v) is 4.48. The summed E-state index contributed by atoms with van der Waals surface area (Å²) in [6.07, 6.45) is 0. The van der Waals surface area contributed by atoms with Gasteiger partial charge in [-0.1, -0.05) is 0 Å². The van der Waals surface area contributed by atoms with Crippen LogP contribution in [0.5, 0.6) is 0 Å². The molecule has 4 heteroatoms. The van der Waals surface area contributed by atoms with Crippen LogP contribution in [0.2, 0.25) is 0 Å². The van der Waals surface area contributed by atoms with Gasteiger partial charge >= 0.3 is 0 Å². The van der Waals surface area contributed by atoms with Crippen LogP contribution in [-0.2, 0) is 6.61 Å². The zero-order valence-corrected chi connectivity index (χ0v) is 8.61. The van der Waals surface area contributed by atoms with Gasteiger partial charge in [-0.05, 0) is 49.6 Å². The summed E-state index contributed by atoms with van der Waals surface area (Å²) >= 11 is 6.34. The number of hydrogen-bond acceptors (Lipinski definition) is 1. The zero-order valence-electron chi connectivity index (χ0n) is 5.44. The van der Waals surface area contributed by atoms with Crippen molar-refractivity contribution in [3.8, 4) is 0 Å². The summed E-state index contributed by atoms with van der Waals surface area (Å²) in [6.45, 7) is -0.170. The molecule has 0 fully saturated rings.